The highest BCUT2D eigenvalue weighted by atomic mass is 19.1. The maximum atomic E-state index is 13.2. The average Bonchev–Trinajstić information content (AvgIpc) is 2.89. The van der Waals surface area contributed by atoms with Gasteiger partial charge in [0, 0.05) is 23.7 Å². The number of ether oxygens (including phenoxy) is 2. The van der Waals surface area contributed by atoms with Gasteiger partial charge >= 0.3 is 0 Å². The van der Waals surface area contributed by atoms with Crippen molar-refractivity contribution >= 4 is 5.91 Å². The summed E-state index contributed by atoms with van der Waals surface area (Å²) < 4.78 is 23.8. The molecule has 1 aromatic carbocycles. The molecule has 5 nitrogen and oxygen atoms in total. The fraction of sp³-hybridized carbons (Fsp3) is 0.481. The third-order valence-corrected chi connectivity index (χ3v) is 7.71. The molecule has 1 amide bonds. The number of methoxy groups -OCH3 is 1. The van der Waals surface area contributed by atoms with Gasteiger partial charge in [-0.2, -0.15) is 0 Å². The highest BCUT2D eigenvalue weighted by Crippen LogP contribution is 2.58. The van der Waals surface area contributed by atoms with E-state index in [2.05, 4.69) is 22.4 Å². The van der Waals surface area contributed by atoms with Crippen LogP contribution in [0.1, 0.15) is 63.0 Å². The molecule has 2 bridgehead atoms. The predicted molar refractivity (Wildman–Crippen MR) is 126 cm³/mol. The summed E-state index contributed by atoms with van der Waals surface area (Å²) in [5.74, 6) is 1.47. The molecule has 1 aromatic heterocycles. The minimum atomic E-state index is -0.268. The number of fused-ring (bicyclic) bond motifs is 3. The van der Waals surface area contributed by atoms with Crippen LogP contribution in [0.4, 0.5) is 4.39 Å². The number of benzene rings is 1. The van der Waals surface area contributed by atoms with Crippen LogP contribution >= 0.6 is 0 Å². The van der Waals surface area contributed by atoms with E-state index in [0.29, 0.717) is 30.7 Å². The van der Waals surface area contributed by atoms with Crippen LogP contribution in [0.15, 0.2) is 54.5 Å². The standard InChI is InChI=1S/C27H33FN2O3/c1-3-20(17-28)19-33-23-8-6-22(7-9-23)26-10-13-27(14-11-26,15-12-26)25(31)30-18-21-5-4-16-29-24(21)32-2/h4-9,16-17H,3,10-15,18-19H2,1-2H3,(H,30,31)/b20-17+. The first-order chi connectivity index (χ1) is 16.0. The van der Waals surface area contributed by atoms with Crippen molar-refractivity contribution in [1.82, 2.24) is 10.3 Å². The Labute approximate surface area is 195 Å². The zero-order valence-corrected chi connectivity index (χ0v) is 19.5. The van der Waals surface area contributed by atoms with E-state index in [9.17, 15) is 9.18 Å². The van der Waals surface area contributed by atoms with E-state index in [1.165, 1.54) is 5.56 Å². The number of hydrogen-bond donors (Lipinski definition) is 1. The molecule has 0 radical (unpaired) electrons. The Morgan fingerprint density at radius 3 is 2.42 bits per heavy atom. The van der Waals surface area contributed by atoms with Gasteiger partial charge in [-0.05, 0) is 79.7 Å². The first-order valence-corrected chi connectivity index (χ1v) is 11.8. The number of pyridine rings is 1. The molecule has 176 valence electrons. The number of halogens is 1. The predicted octanol–water partition coefficient (Wildman–Crippen LogP) is 5.64. The minimum Gasteiger partial charge on any atom is -0.489 e. The SMILES string of the molecule is CC/C(=C\F)COc1ccc(C23CCC(C(=O)NCc4cccnc4OC)(CC2)CC3)cc1. The van der Waals surface area contributed by atoms with Crippen molar-refractivity contribution in [2.45, 2.75) is 63.8 Å². The van der Waals surface area contributed by atoms with Crippen molar-refractivity contribution in [2.75, 3.05) is 13.7 Å². The van der Waals surface area contributed by atoms with Crippen LogP contribution in [-0.4, -0.2) is 24.6 Å². The zero-order valence-electron chi connectivity index (χ0n) is 19.5. The lowest BCUT2D eigenvalue weighted by Gasteiger charge is -2.52. The molecular weight excluding hydrogens is 419 g/mol. The molecule has 6 heteroatoms. The first kappa shape index (κ1) is 23.3. The third-order valence-electron chi connectivity index (χ3n) is 7.71. The molecule has 0 aliphatic heterocycles. The number of amides is 1. The van der Waals surface area contributed by atoms with Crippen LogP contribution < -0.4 is 14.8 Å². The van der Waals surface area contributed by atoms with Crippen molar-refractivity contribution in [3.8, 4) is 11.6 Å². The quantitative estimate of drug-likeness (QED) is 0.535. The molecule has 2 aromatic rings. The van der Waals surface area contributed by atoms with Crippen molar-refractivity contribution < 1.29 is 18.7 Å². The van der Waals surface area contributed by atoms with E-state index in [1.807, 2.05) is 31.2 Å². The summed E-state index contributed by atoms with van der Waals surface area (Å²) in [5.41, 5.74) is 2.73. The van der Waals surface area contributed by atoms with E-state index < -0.39 is 0 Å². The van der Waals surface area contributed by atoms with Crippen molar-refractivity contribution in [2.24, 2.45) is 5.41 Å². The van der Waals surface area contributed by atoms with E-state index >= 15 is 0 Å². The lowest BCUT2D eigenvalue weighted by Crippen LogP contribution is -2.51. The van der Waals surface area contributed by atoms with E-state index in [-0.39, 0.29) is 23.3 Å². The Kier molecular flexibility index (Phi) is 7.01. The largest absolute Gasteiger partial charge is 0.489 e. The van der Waals surface area contributed by atoms with Crippen LogP contribution in [-0.2, 0) is 16.8 Å². The van der Waals surface area contributed by atoms with Gasteiger partial charge in [0.2, 0.25) is 11.8 Å². The second-order valence-electron chi connectivity index (χ2n) is 9.35. The van der Waals surface area contributed by atoms with Crippen LogP contribution in [0.2, 0.25) is 0 Å². The summed E-state index contributed by atoms with van der Waals surface area (Å²) >= 11 is 0. The molecule has 3 saturated carbocycles. The van der Waals surface area contributed by atoms with Gasteiger partial charge in [0.05, 0.1) is 13.4 Å². The zero-order chi connectivity index (χ0) is 23.3. The number of carbonyl (C=O) groups excluding carboxylic acids is 1. The van der Waals surface area contributed by atoms with Gasteiger partial charge in [-0.3, -0.25) is 4.79 Å². The Hall–Kier alpha value is -2.89. The molecule has 0 atom stereocenters. The smallest absolute Gasteiger partial charge is 0.226 e. The van der Waals surface area contributed by atoms with Crippen molar-refractivity contribution in [3.63, 3.8) is 0 Å². The molecule has 3 aliphatic carbocycles. The summed E-state index contributed by atoms with van der Waals surface area (Å²) in [5, 5.41) is 3.15. The molecule has 3 aliphatic rings. The first-order valence-electron chi connectivity index (χ1n) is 11.8. The van der Waals surface area contributed by atoms with Gasteiger partial charge in [0.1, 0.15) is 12.4 Å². The monoisotopic (exact) mass is 452 g/mol. The normalized spacial score (nSPS) is 24.4. The van der Waals surface area contributed by atoms with Crippen LogP contribution in [0.3, 0.4) is 0 Å². The lowest BCUT2D eigenvalue weighted by molar-refractivity contribution is -0.138. The molecular formula is C27H33FN2O3. The molecule has 3 fully saturated rings. The van der Waals surface area contributed by atoms with Gasteiger partial charge in [-0.15, -0.1) is 0 Å². The van der Waals surface area contributed by atoms with Crippen molar-refractivity contribution in [3.05, 3.63) is 65.6 Å². The van der Waals surface area contributed by atoms with Gasteiger partial charge in [-0.1, -0.05) is 25.1 Å². The molecule has 1 heterocycles. The third kappa shape index (κ3) is 4.75. The Morgan fingerprint density at radius 1 is 1.12 bits per heavy atom. The number of rotatable bonds is 9. The number of nitrogens with one attached hydrogen (secondary N) is 1. The highest BCUT2D eigenvalue weighted by molar-refractivity contribution is 5.83. The topological polar surface area (TPSA) is 60.5 Å². The van der Waals surface area contributed by atoms with Gasteiger partial charge < -0.3 is 14.8 Å². The molecule has 33 heavy (non-hydrogen) atoms. The summed E-state index contributed by atoms with van der Waals surface area (Å²) in [6.45, 7) is 2.63. The Balaban J connectivity index is 1.36. The second kappa shape index (κ2) is 9.94. The summed E-state index contributed by atoms with van der Waals surface area (Å²) in [6, 6.07) is 12.1. The Bertz CT molecular complexity index is 978. The second-order valence-corrected chi connectivity index (χ2v) is 9.35. The maximum absolute atomic E-state index is 13.2. The maximum Gasteiger partial charge on any atom is 0.226 e. The van der Waals surface area contributed by atoms with Crippen molar-refractivity contribution in [1.29, 1.82) is 0 Å². The molecule has 1 N–H and O–H groups in total. The van der Waals surface area contributed by atoms with Gasteiger partial charge in [0.25, 0.3) is 0 Å². The summed E-state index contributed by atoms with van der Waals surface area (Å²) in [7, 11) is 1.59. The number of hydrogen-bond acceptors (Lipinski definition) is 4. The van der Waals surface area contributed by atoms with Crippen LogP contribution in [0.5, 0.6) is 11.6 Å². The molecule has 0 spiro atoms. The number of nitrogens with zero attached hydrogens (tertiary/aromatic N) is 1. The molecule has 0 unspecified atom stereocenters. The van der Waals surface area contributed by atoms with Crippen LogP contribution in [0, 0.1) is 5.41 Å². The average molecular weight is 453 g/mol. The van der Waals surface area contributed by atoms with E-state index in [0.717, 1.165) is 49.8 Å². The van der Waals surface area contributed by atoms with E-state index in [4.69, 9.17) is 9.47 Å². The fourth-order valence-electron chi connectivity index (χ4n) is 5.36. The molecule has 5 rings (SSSR count). The van der Waals surface area contributed by atoms with Gasteiger partial charge in [0.15, 0.2) is 0 Å². The van der Waals surface area contributed by atoms with Gasteiger partial charge in [-0.25, -0.2) is 9.37 Å². The summed E-state index contributed by atoms with van der Waals surface area (Å²) in [6.07, 6.45) is 8.72. The lowest BCUT2D eigenvalue weighted by atomic mass is 9.51. The minimum absolute atomic E-state index is 0.139. The number of aromatic nitrogens is 1. The van der Waals surface area contributed by atoms with Crippen LogP contribution in [0.25, 0.3) is 0 Å². The highest BCUT2D eigenvalue weighted by Gasteiger charge is 2.52. The molecule has 0 saturated heterocycles. The van der Waals surface area contributed by atoms with E-state index in [1.54, 1.807) is 13.3 Å². The number of carbonyl (C=O) groups is 1. The fourth-order valence-corrected chi connectivity index (χ4v) is 5.36. The Morgan fingerprint density at radius 2 is 1.82 bits per heavy atom. The summed E-state index contributed by atoms with van der Waals surface area (Å²) in [4.78, 5) is 17.4.